The Bertz CT molecular complexity index is 1950. The standard InChI is InChI=1S/C42H40Cl2F9N2O6P/c43-38(44)39(58)54-35(37(57)27-9-17-31(18-10-27)55(59)60)26-61-36(56)8-6-4-2-1-3-5-7-25-62(32-19-11-28(12-20-32)40(45,46)47,33-21-13-29(14-22-33)41(48,49)50)34-23-15-30(16-24-34)42(51,52)53/h9-24,35,37-38,57H,1-8,25-26H2/p+1/t35-,37+/m0/s1. The number of carbonyl (C=O) groups is 2. The molecule has 0 aromatic heterocycles. The molecule has 4 aromatic rings. The van der Waals surface area contributed by atoms with E-state index in [4.69, 9.17) is 27.9 Å². The predicted molar refractivity (Wildman–Crippen MR) is 218 cm³/mol. The van der Waals surface area contributed by atoms with Gasteiger partial charge >= 0.3 is 24.5 Å². The highest BCUT2D eigenvalue weighted by Crippen LogP contribution is 2.57. The number of aliphatic hydroxyl groups is 1. The summed E-state index contributed by atoms with van der Waals surface area (Å²) in [6.45, 7) is -0.473. The molecule has 0 spiro atoms. The summed E-state index contributed by atoms with van der Waals surface area (Å²) in [5, 5.41) is 25.3. The molecule has 2 N–H and O–H groups in total. The number of halogens is 11. The van der Waals surface area contributed by atoms with Crippen LogP contribution >= 0.6 is 30.5 Å². The molecule has 1 amide bonds. The molecule has 0 saturated carbocycles. The number of unbranched alkanes of at least 4 members (excludes halogenated alkanes) is 6. The topological polar surface area (TPSA) is 119 Å². The third-order valence-electron chi connectivity index (χ3n) is 10.1. The molecule has 8 nitrogen and oxygen atoms in total. The van der Waals surface area contributed by atoms with E-state index in [0.717, 1.165) is 48.5 Å². The molecule has 0 aliphatic carbocycles. The van der Waals surface area contributed by atoms with Crippen LogP contribution in [0, 0.1) is 10.1 Å². The Morgan fingerprint density at radius 3 is 1.40 bits per heavy atom. The lowest BCUT2D eigenvalue weighted by Crippen LogP contribution is -2.45. The summed E-state index contributed by atoms with van der Waals surface area (Å²) in [7, 11) is -3.13. The molecule has 4 aromatic carbocycles. The molecule has 20 heteroatoms. The Kier molecular flexibility index (Phi) is 17.6. The van der Waals surface area contributed by atoms with Gasteiger partial charge < -0.3 is 15.2 Å². The van der Waals surface area contributed by atoms with E-state index in [2.05, 4.69) is 5.32 Å². The van der Waals surface area contributed by atoms with Crippen LogP contribution in [0.25, 0.3) is 0 Å². The highest BCUT2D eigenvalue weighted by Gasteiger charge is 2.46. The number of rotatable bonds is 20. The van der Waals surface area contributed by atoms with E-state index in [1.54, 1.807) is 0 Å². The molecule has 0 aliphatic heterocycles. The summed E-state index contributed by atoms with van der Waals surface area (Å²) in [5.41, 5.74) is -2.94. The van der Waals surface area contributed by atoms with Gasteiger partial charge in [0.25, 0.3) is 11.6 Å². The molecule has 0 bridgehead atoms. The number of amides is 1. The van der Waals surface area contributed by atoms with E-state index in [1.807, 2.05) is 0 Å². The third-order valence-corrected chi connectivity index (χ3v) is 15.0. The lowest BCUT2D eigenvalue weighted by atomic mass is 10.0. The zero-order valence-electron chi connectivity index (χ0n) is 32.6. The zero-order chi connectivity index (χ0) is 45.9. The van der Waals surface area contributed by atoms with Gasteiger partial charge in [0.05, 0.1) is 33.8 Å². The molecule has 0 aliphatic rings. The Morgan fingerprint density at radius 1 is 0.645 bits per heavy atom. The number of nitro groups is 1. The van der Waals surface area contributed by atoms with Crippen LogP contribution in [-0.2, 0) is 32.9 Å². The highest BCUT2D eigenvalue weighted by atomic mass is 35.5. The van der Waals surface area contributed by atoms with Gasteiger partial charge in [0.1, 0.15) is 35.9 Å². The number of esters is 1. The van der Waals surface area contributed by atoms with Gasteiger partial charge in [0.15, 0.2) is 4.84 Å². The largest absolute Gasteiger partial charge is 0.463 e. The molecule has 0 saturated heterocycles. The second-order valence-corrected chi connectivity index (χ2v) is 19.0. The van der Waals surface area contributed by atoms with Crippen LogP contribution in [-0.4, -0.2) is 45.6 Å². The van der Waals surface area contributed by atoms with Crippen molar-refractivity contribution < 1.29 is 63.9 Å². The molecule has 4 rings (SSSR count). The predicted octanol–water partition coefficient (Wildman–Crippen LogP) is 10.6. The average Bonchev–Trinajstić information content (AvgIpc) is 3.22. The molecule has 62 heavy (non-hydrogen) atoms. The van der Waals surface area contributed by atoms with E-state index in [9.17, 15) is 64.3 Å². The second kappa shape index (κ2) is 21.8. The Balaban J connectivity index is 1.39. The van der Waals surface area contributed by atoms with Crippen molar-refractivity contribution in [2.75, 3.05) is 12.8 Å². The maximum absolute atomic E-state index is 13.6. The number of benzene rings is 4. The molecular weight excluding hydrogens is 901 g/mol. The summed E-state index contributed by atoms with van der Waals surface area (Å²) in [5.74, 6) is -1.51. The van der Waals surface area contributed by atoms with E-state index in [-0.39, 0.29) is 23.8 Å². The summed E-state index contributed by atoms with van der Waals surface area (Å²) in [6.07, 6.45) is -11.3. The summed E-state index contributed by atoms with van der Waals surface area (Å²) < 4.78 is 127. The normalized spacial score (nSPS) is 13.4. The van der Waals surface area contributed by atoms with Gasteiger partial charge in [-0.2, -0.15) is 39.5 Å². The fraction of sp³-hybridized carbons (Fsp3) is 0.381. The minimum Gasteiger partial charge on any atom is -0.463 e. The number of non-ortho nitro benzene ring substituents is 1. The first-order valence-electron chi connectivity index (χ1n) is 19.1. The molecular formula is C42H41Cl2F9N2O6P+. The van der Waals surface area contributed by atoms with Crippen LogP contribution in [0.3, 0.4) is 0 Å². The number of hydrogen-bond acceptors (Lipinski definition) is 6. The second-order valence-electron chi connectivity index (χ2n) is 14.3. The first-order chi connectivity index (χ1) is 29.0. The van der Waals surface area contributed by atoms with Crippen LogP contribution in [0.5, 0.6) is 0 Å². The monoisotopic (exact) mass is 941 g/mol. The lowest BCUT2D eigenvalue weighted by molar-refractivity contribution is -0.384. The molecule has 2 atom stereocenters. The van der Waals surface area contributed by atoms with Crippen LogP contribution in [0.4, 0.5) is 45.2 Å². The highest BCUT2D eigenvalue weighted by molar-refractivity contribution is 7.95. The van der Waals surface area contributed by atoms with Crippen molar-refractivity contribution >= 4 is 63.9 Å². The maximum atomic E-state index is 13.6. The minimum absolute atomic E-state index is 0.0116. The summed E-state index contributed by atoms with van der Waals surface area (Å²) in [6, 6.07) is 16.2. The summed E-state index contributed by atoms with van der Waals surface area (Å²) in [4.78, 5) is 33.6. The Labute approximate surface area is 361 Å². The lowest BCUT2D eigenvalue weighted by Gasteiger charge is -2.28. The van der Waals surface area contributed by atoms with E-state index >= 15 is 0 Å². The third kappa shape index (κ3) is 13.8. The van der Waals surface area contributed by atoms with Gasteiger partial charge in [0.2, 0.25) is 0 Å². The van der Waals surface area contributed by atoms with Crippen molar-refractivity contribution in [1.29, 1.82) is 0 Å². The Hall–Kier alpha value is -4.44. The fourth-order valence-electron chi connectivity index (χ4n) is 6.79. The van der Waals surface area contributed by atoms with Gasteiger partial charge in [-0.05, 0) is 110 Å². The maximum Gasteiger partial charge on any atom is 0.416 e. The minimum atomic E-state index is -4.69. The molecule has 0 fully saturated rings. The number of carbonyl (C=O) groups excluding carboxylic acids is 2. The summed E-state index contributed by atoms with van der Waals surface area (Å²) >= 11 is 11.2. The molecule has 336 valence electrons. The van der Waals surface area contributed by atoms with E-state index in [1.165, 1.54) is 48.5 Å². The number of alkyl halides is 11. The SMILES string of the molecule is O=C(CCCCCCCCC[P+](c1ccc(C(F)(F)F)cc1)(c1ccc(C(F)(F)F)cc1)c1ccc(C(F)(F)F)cc1)OC[C@H](NC(=O)C(Cl)Cl)[C@H](O)c1ccc([N+](=O)[O-])cc1. The van der Waals surface area contributed by atoms with Crippen molar-refractivity contribution in [3.05, 3.63) is 129 Å². The number of nitrogens with zero attached hydrogens (tertiary/aromatic N) is 1. The fourth-order valence-corrected chi connectivity index (χ4v) is 11.3. The molecule has 0 radical (unpaired) electrons. The van der Waals surface area contributed by atoms with Crippen LogP contribution < -0.4 is 21.2 Å². The molecule has 0 heterocycles. The van der Waals surface area contributed by atoms with E-state index in [0.29, 0.717) is 60.9 Å². The van der Waals surface area contributed by atoms with Gasteiger partial charge in [-0.1, -0.05) is 48.9 Å². The first-order valence-corrected chi connectivity index (χ1v) is 22.0. The van der Waals surface area contributed by atoms with Crippen molar-refractivity contribution in [2.24, 2.45) is 0 Å². The number of nitro benzene ring substituents is 1. The average molecular weight is 943 g/mol. The van der Waals surface area contributed by atoms with Gasteiger partial charge in [-0.25, -0.2) is 0 Å². The number of nitrogens with one attached hydrogen (secondary N) is 1. The quantitative estimate of drug-likeness (QED) is 0.0173. The number of aliphatic hydroxyl groups excluding tert-OH is 1. The zero-order valence-corrected chi connectivity index (χ0v) is 35.0. The first kappa shape index (κ1) is 50.2. The van der Waals surface area contributed by atoms with Gasteiger partial charge in [-0.3, -0.25) is 19.7 Å². The van der Waals surface area contributed by atoms with E-state index < -0.39 is 82.9 Å². The van der Waals surface area contributed by atoms with Crippen LogP contribution in [0.2, 0.25) is 0 Å². The van der Waals surface area contributed by atoms with Gasteiger partial charge in [0, 0.05) is 18.6 Å². The van der Waals surface area contributed by atoms with Crippen molar-refractivity contribution in [1.82, 2.24) is 5.32 Å². The van der Waals surface area contributed by atoms with Crippen molar-refractivity contribution in [3.8, 4) is 0 Å². The van der Waals surface area contributed by atoms with Crippen molar-refractivity contribution in [3.63, 3.8) is 0 Å². The smallest absolute Gasteiger partial charge is 0.416 e. The Morgan fingerprint density at radius 2 is 1.03 bits per heavy atom. The van der Waals surface area contributed by atoms with Crippen LogP contribution in [0.1, 0.15) is 79.7 Å². The van der Waals surface area contributed by atoms with Gasteiger partial charge in [-0.15, -0.1) is 0 Å². The number of hydrogen-bond donors (Lipinski definition) is 2. The van der Waals surface area contributed by atoms with Crippen molar-refractivity contribution in [2.45, 2.75) is 86.9 Å². The number of ether oxygens (including phenoxy) is 1. The van der Waals surface area contributed by atoms with Crippen LogP contribution in [0.15, 0.2) is 97.1 Å². The molecule has 0 unspecified atom stereocenters.